The molecule has 0 aliphatic carbocycles. The van der Waals surface area contributed by atoms with Crippen LogP contribution in [0, 0.1) is 6.92 Å². The molecule has 0 spiro atoms. The molecule has 0 aromatic heterocycles. The fourth-order valence-electron chi connectivity index (χ4n) is 3.49. The van der Waals surface area contributed by atoms with E-state index in [1.54, 1.807) is 4.90 Å². The zero-order valence-electron chi connectivity index (χ0n) is 18.8. The Morgan fingerprint density at radius 3 is 2.33 bits per heavy atom. The monoisotopic (exact) mass is 410 g/mol. The Balaban J connectivity index is 2.25. The van der Waals surface area contributed by atoms with Crippen molar-refractivity contribution in [3.05, 3.63) is 65.2 Å². The average Bonchev–Trinajstić information content (AvgIpc) is 2.73. The Morgan fingerprint density at radius 2 is 1.70 bits per heavy atom. The Kier molecular flexibility index (Phi) is 8.90. The highest BCUT2D eigenvalue weighted by molar-refractivity contribution is 5.88. The van der Waals surface area contributed by atoms with Gasteiger partial charge in [0.1, 0.15) is 11.8 Å². The number of nitrogens with zero attached hydrogens (tertiary/aromatic N) is 1. The van der Waals surface area contributed by atoms with Crippen LogP contribution in [-0.4, -0.2) is 35.9 Å². The number of likely N-dealkylation sites (N-methyl/N-ethyl adjacent to an activating group) is 1. The topological polar surface area (TPSA) is 58.6 Å². The molecule has 2 aromatic carbocycles. The lowest BCUT2D eigenvalue weighted by molar-refractivity contribution is -0.142. The molecule has 5 heteroatoms. The Labute approximate surface area is 180 Å². The van der Waals surface area contributed by atoms with Crippen molar-refractivity contribution >= 4 is 11.8 Å². The third kappa shape index (κ3) is 6.09. The standard InChI is InChI=1S/C25H34N2O3/c1-6-22(25(29)26-7-2)27(16-20-13-9-8-12-19(20)5)24(28)17-30-23-15-11-10-14-21(23)18(3)4/h8-15,18,22H,6-7,16-17H2,1-5H3,(H,26,29). The van der Waals surface area contributed by atoms with Crippen LogP contribution < -0.4 is 10.1 Å². The van der Waals surface area contributed by atoms with Crippen LogP contribution >= 0.6 is 0 Å². The van der Waals surface area contributed by atoms with Crippen molar-refractivity contribution in [1.82, 2.24) is 10.2 Å². The fraction of sp³-hybridized carbons (Fsp3) is 0.440. The summed E-state index contributed by atoms with van der Waals surface area (Å²) in [6, 6.07) is 15.2. The van der Waals surface area contributed by atoms with E-state index >= 15 is 0 Å². The van der Waals surface area contributed by atoms with E-state index in [1.165, 1.54) is 0 Å². The summed E-state index contributed by atoms with van der Waals surface area (Å²) in [7, 11) is 0. The van der Waals surface area contributed by atoms with Crippen molar-refractivity contribution in [3.8, 4) is 5.75 Å². The molecule has 2 rings (SSSR count). The first-order valence-electron chi connectivity index (χ1n) is 10.7. The first-order valence-corrected chi connectivity index (χ1v) is 10.7. The highest BCUT2D eigenvalue weighted by Crippen LogP contribution is 2.26. The molecule has 0 fully saturated rings. The number of amides is 2. The number of para-hydroxylation sites is 1. The molecule has 1 N–H and O–H groups in total. The smallest absolute Gasteiger partial charge is 0.261 e. The van der Waals surface area contributed by atoms with Gasteiger partial charge in [0.25, 0.3) is 5.91 Å². The maximum absolute atomic E-state index is 13.2. The minimum Gasteiger partial charge on any atom is -0.483 e. The van der Waals surface area contributed by atoms with Crippen molar-refractivity contribution in [2.24, 2.45) is 0 Å². The number of ether oxygens (including phenoxy) is 1. The number of benzene rings is 2. The van der Waals surface area contributed by atoms with Crippen LogP contribution in [0.1, 0.15) is 56.7 Å². The number of nitrogens with one attached hydrogen (secondary N) is 1. The number of hydrogen-bond donors (Lipinski definition) is 1. The van der Waals surface area contributed by atoms with Gasteiger partial charge in [-0.3, -0.25) is 9.59 Å². The molecule has 2 aromatic rings. The summed E-state index contributed by atoms with van der Waals surface area (Å²) < 4.78 is 5.92. The summed E-state index contributed by atoms with van der Waals surface area (Å²) in [5.74, 6) is 0.667. The Morgan fingerprint density at radius 1 is 1.03 bits per heavy atom. The van der Waals surface area contributed by atoms with Crippen LogP contribution in [0.4, 0.5) is 0 Å². The van der Waals surface area contributed by atoms with Crippen molar-refractivity contribution in [2.75, 3.05) is 13.2 Å². The summed E-state index contributed by atoms with van der Waals surface area (Å²) in [6.07, 6.45) is 0.534. The predicted octanol–water partition coefficient (Wildman–Crippen LogP) is 4.44. The van der Waals surface area contributed by atoms with Crippen LogP contribution in [0.3, 0.4) is 0 Å². The zero-order valence-corrected chi connectivity index (χ0v) is 18.8. The lowest BCUT2D eigenvalue weighted by atomic mass is 10.0. The van der Waals surface area contributed by atoms with Crippen LogP contribution in [0.25, 0.3) is 0 Å². The number of rotatable bonds is 10. The van der Waals surface area contributed by atoms with E-state index < -0.39 is 6.04 Å². The quantitative estimate of drug-likeness (QED) is 0.630. The second kappa shape index (κ2) is 11.4. The van der Waals surface area contributed by atoms with Crippen molar-refractivity contribution in [3.63, 3.8) is 0 Å². The van der Waals surface area contributed by atoms with Gasteiger partial charge in [0.15, 0.2) is 6.61 Å². The number of hydrogen-bond acceptors (Lipinski definition) is 3. The van der Waals surface area contributed by atoms with Crippen LogP contribution in [0.5, 0.6) is 5.75 Å². The largest absolute Gasteiger partial charge is 0.483 e. The van der Waals surface area contributed by atoms with Gasteiger partial charge < -0.3 is 15.0 Å². The molecule has 30 heavy (non-hydrogen) atoms. The SMILES string of the molecule is CCNC(=O)C(CC)N(Cc1ccccc1C)C(=O)COc1ccccc1C(C)C. The van der Waals surface area contributed by atoms with E-state index in [1.807, 2.05) is 69.3 Å². The second-order valence-electron chi connectivity index (χ2n) is 7.75. The lowest BCUT2D eigenvalue weighted by Crippen LogP contribution is -2.50. The van der Waals surface area contributed by atoms with Crippen LogP contribution in [-0.2, 0) is 16.1 Å². The molecular weight excluding hydrogens is 376 g/mol. The third-order valence-corrected chi connectivity index (χ3v) is 5.23. The maximum Gasteiger partial charge on any atom is 0.261 e. The first kappa shape index (κ1) is 23.5. The molecule has 1 unspecified atom stereocenters. The van der Waals surface area contributed by atoms with Crippen molar-refractivity contribution < 1.29 is 14.3 Å². The number of carbonyl (C=O) groups excluding carboxylic acids is 2. The normalized spacial score (nSPS) is 11.8. The molecule has 2 amide bonds. The van der Waals surface area contributed by atoms with E-state index in [-0.39, 0.29) is 24.3 Å². The maximum atomic E-state index is 13.2. The second-order valence-corrected chi connectivity index (χ2v) is 7.75. The van der Waals surface area contributed by atoms with Gasteiger partial charge in [0.05, 0.1) is 0 Å². The molecule has 0 radical (unpaired) electrons. The van der Waals surface area contributed by atoms with Gasteiger partial charge in [0, 0.05) is 13.1 Å². The van der Waals surface area contributed by atoms with Gasteiger partial charge in [-0.1, -0.05) is 63.2 Å². The van der Waals surface area contributed by atoms with E-state index in [4.69, 9.17) is 4.74 Å². The van der Waals surface area contributed by atoms with Gasteiger partial charge >= 0.3 is 0 Å². The summed E-state index contributed by atoms with van der Waals surface area (Å²) in [6.45, 7) is 10.8. The summed E-state index contributed by atoms with van der Waals surface area (Å²) in [4.78, 5) is 27.6. The third-order valence-electron chi connectivity index (χ3n) is 5.23. The number of carbonyl (C=O) groups is 2. The Bertz CT molecular complexity index is 848. The summed E-state index contributed by atoms with van der Waals surface area (Å²) in [5.41, 5.74) is 3.18. The van der Waals surface area contributed by atoms with Gasteiger partial charge in [-0.25, -0.2) is 0 Å². The highest BCUT2D eigenvalue weighted by Gasteiger charge is 2.29. The minimum absolute atomic E-state index is 0.106. The molecule has 0 saturated heterocycles. The molecule has 1 atom stereocenters. The highest BCUT2D eigenvalue weighted by atomic mass is 16.5. The van der Waals surface area contributed by atoms with Crippen molar-refractivity contribution in [2.45, 2.75) is 59.5 Å². The molecule has 0 aliphatic heterocycles. The molecule has 0 bridgehead atoms. The molecule has 0 aliphatic rings. The van der Waals surface area contributed by atoms with E-state index in [9.17, 15) is 9.59 Å². The fourth-order valence-corrected chi connectivity index (χ4v) is 3.49. The van der Waals surface area contributed by atoms with Crippen LogP contribution in [0.2, 0.25) is 0 Å². The van der Waals surface area contributed by atoms with E-state index in [2.05, 4.69) is 19.2 Å². The first-order chi connectivity index (χ1) is 14.4. The summed E-state index contributed by atoms with van der Waals surface area (Å²) in [5, 5.41) is 2.86. The van der Waals surface area contributed by atoms with Gasteiger partial charge in [-0.15, -0.1) is 0 Å². The molecule has 162 valence electrons. The molecule has 5 nitrogen and oxygen atoms in total. The molecule has 0 saturated carbocycles. The average molecular weight is 411 g/mol. The molecular formula is C25H34N2O3. The van der Waals surface area contributed by atoms with E-state index in [0.717, 1.165) is 16.7 Å². The van der Waals surface area contributed by atoms with Crippen molar-refractivity contribution in [1.29, 1.82) is 0 Å². The Hall–Kier alpha value is -2.82. The lowest BCUT2D eigenvalue weighted by Gasteiger charge is -2.31. The van der Waals surface area contributed by atoms with Gasteiger partial charge in [-0.05, 0) is 48.9 Å². The van der Waals surface area contributed by atoms with Crippen LogP contribution in [0.15, 0.2) is 48.5 Å². The molecule has 0 heterocycles. The minimum atomic E-state index is -0.541. The summed E-state index contributed by atoms with van der Waals surface area (Å²) >= 11 is 0. The predicted molar refractivity (Wildman–Crippen MR) is 121 cm³/mol. The van der Waals surface area contributed by atoms with Gasteiger partial charge in [-0.2, -0.15) is 0 Å². The van der Waals surface area contributed by atoms with E-state index in [0.29, 0.717) is 25.3 Å². The number of aryl methyl sites for hydroxylation is 1. The van der Waals surface area contributed by atoms with Gasteiger partial charge in [0.2, 0.25) is 5.91 Å². The zero-order chi connectivity index (χ0) is 22.1.